The van der Waals surface area contributed by atoms with E-state index in [1.165, 1.54) is 0 Å². The molecular formula is C20H29ClN2O2. The number of ether oxygens (including phenoxy) is 1. The number of benzene rings is 1. The van der Waals surface area contributed by atoms with Crippen LogP contribution in [-0.2, 0) is 4.74 Å². The van der Waals surface area contributed by atoms with Crippen LogP contribution in [0.3, 0.4) is 0 Å². The van der Waals surface area contributed by atoms with Crippen molar-refractivity contribution >= 4 is 17.5 Å². The van der Waals surface area contributed by atoms with Gasteiger partial charge in [-0.15, -0.1) is 6.58 Å². The topological polar surface area (TPSA) is 32.8 Å². The summed E-state index contributed by atoms with van der Waals surface area (Å²) in [5.74, 6) is 0.761. The highest BCUT2D eigenvalue weighted by molar-refractivity contribution is 6.30. The number of rotatable bonds is 9. The normalized spacial score (nSPS) is 15.6. The van der Waals surface area contributed by atoms with E-state index in [0.29, 0.717) is 10.9 Å². The number of piperidine rings is 1. The van der Waals surface area contributed by atoms with E-state index in [-0.39, 0.29) is 5.91 Å². The zero-order chi connectivity index (χ0) is 18.1. The number of likely N-dealkylation sites (N-methyl/N-ethyl adjacent to an activating group) is 1. The molecule has 1 fully saturated rings. The minimum absolute atomic E-state index is 0.108. The van der Waals surface area contributed by atoms with Crippen LogP contribution in [0.15, 0.2) is 36.9 Å². The van der Waals surface area contributed by atoms with Crippen molar-refractivity contribution in [2.24, 2.45) is 5.92 Å². The van der Waals surface area contributed by atoms with Crippen LogP contribution < -0.4 is 0 Å². The summed E-state index contributed by atoms with van der Waals surface area (Å²) in [6.45, 7) is 8.78. The minimum atomic E-state index is 0.108. The maximum absolute atomic E-state index is 12.5. The van der Waals surface area contributed by atoms with Crippen LogP contribution in [-0.4, -0.2) is 62.1 Å². The molecule has 5 heteroatoms. The average molecular weight is 365 g/mol. The molecule has 0 atom stereocenters. The van der Waals surface area contributed by atoms with E-state index >= 15 is 0 Å². The highest BCUT2D eigenvalue weighted by Gasteiger charge is 2.23. The quantitative estimate of drug-likeness (QED) is 0.494. The summed E-state index contributed by atoms with van der Waals surface area (Å²) in [5, 5.41) is 0.658. The van der Waals surface area contributed by atoms with Crippen molar-refractivity contribution in [3.63, 3.8) is 0 Å². The number of amides is 1. The van der Waals surface area contributed by atoms with Gasteiger partial charge >= 0.3 is 0 Å². The van der Waals surface area contributed by atoms with Crippen LogP contribution in [0.1, 0.15) is 29.6 Å². The van der Waals surface area contributed by atoms with Gasteiger partial charge in [-0.2, -0.15) is 0 Å². The zero-order valence-corrected chi connectivity index (χ0v) is 15.9. The predicted molar refractivity (Wildman–Crippen MR) is 103 cm³/mol. The number of halogens is 1. The third-order valence-electron chi connectivity index (χ3n) is 4.72. The molecule has 0 bridgehead atoms. The lowest BCUT2D eigenvalue weighted by molar-refractivity contribution is 0.0639. The molecule has 0 N–H and O–H groups in total. The van der Waals surface area contributed by atoms with Crippen LogP contribution in [0, 0.1) is 5.92 Å². The summed E-state index contributed by atoms with van der Waals surface area (Å²) in [5.41, 5.74) is 0.717. The van der Waals surface area contributed by atoms with Gasteiger partial charge in [-0.05, 0) is 56.5 Å². The summed E-state index contributed by atoms with van der Waals surface area (Å²) >= 11 is 5.88. The molecule has 1 aliphatic rings. The number of nitrogens with zero attached hydrogens (tertiary/aromatic N) is 2. The molecule has 138 valence electrons. The molecule has 0 saturated carbocycles. The number of carbonyl (C=O) groups is 1. The second kappa shape index (κ2) is 10.6. The fraction of sp³-hybridized carbons (Fsp3) is 0.550. The van der Waals surface area contributed by atoms with E-state index in [0.717, 1.165) is 64.2 Å². The van der Waals surface area contributed by atoms with Gasteiger partial charge in [0.2, 0.25) is 0 Å². The van der Waals surface area contributed by atoms with E-state index in [9.17, 15) is 4.79 Å². The van der Waals surface area contributed by atoms with Gasteiger partial charge < -0.3 is 14.5 Å². The van der Waals surface area contributed by atoms with E-state index in [2.05, 4.69) is 18.5 Å². The highest BCUT2D eigenvalue weighted by atomic mass is 35.5. The molecule has 1 heterocycles. The Balaban J connectivity index is 1.62. The third-order valence-corrected chi connectivity index (χ3v) is 4.97. The Morgan fingerprint density at radius 2 is 2.00 bits per heavy atom. The molecule has 1 aromatic rings. The van der Waals surface area contributed by atoms with Gasteiger partial charge in [0.25, 0.3) is 5.91 Å². The minimum Gasteiger partial charge on any atom is -0.380 e. The molecular weight excluding hydrogens is 336 g/mol. The fourth-order valence-corrected chi connectivity index (χ4v) is 3.21. The lowest BCUT2D eigenvalue weighted by atomic mass is 9.93. The number of hydrogen-bond donors (Lipinski definition) is 0. The summed E-state index contributed by atoms with van der Waals surface area (Å²) in [4.78, 5) is 16.6. The number of carbonyl (C=O) groups excluding carboxylic acids is 1. The molecule has 1 aliphatic heterocycles. The summed E-state index contributed by atoms with van der Waals surface area (Å²) < 4.78 is 5.74. The molecule has 25 heavy (non-hydrogen) atoms. The molecule has 0 radical (unpaired) electrons. The zero-order valence-electron chi connectivity index (χ0n) is 15.1. The average Bonchev–Trinajstić information content (AvgIpc) is 2.62. The highest BCUT2D eigenvalue weighted by Crippen LogP contribution is 2.22. The standard InChI is InChI=1S/C20H29ClN2O2/c1-3-11-22(2)14-16-25-15-10-17-8-12-23(13-9-17)20(24)18-4-6-19(21)7-5-18/h3-7,17H,1,8-16H2,2H3. The Hall–Kier alpha value is -1.36. The molecule has 0 unspecified atom stereocenters. The molecule has 1 saturated heterocycles. The number of likely N-dealkylation sites (tertiary alicyclic amines) is 1. The smallest absolute Gasteiger partial charge is 0.253 e. The van der Waals surface area contributed by atoms with Crippen molar-refractivity contribution in [3.8, 4) is 0 Å². The summed E-state index contributed by atoms with van der Waals surface area (Å²) in [7, 11) is 2.07. The largest absolute Gasteiger partial charge is 0.380 e. The van der Waals surface area contributed by atoms with Crippen molar-refractivity contribution in [2.45, 2.75) is 19.3 Å². The first kappa shape index (κ1) is 20.0. The Morgan fingerprint density at radius 1 is 1.32 bits per heavy atom. The van der Waals surface area contributed by atoms with Gasteiger partial charge in [-0.1, -0.05) is 17.7 Å². The molecule has 4 nitrogen and oxygen atoms in total. The van der Waals surface area contributed by atoms with Crippen LogP contribution >= 0.6 is 11.6 Å². The van der Waals surface area contributed by atoms with Crippen molar-refractivity contribution in [2.75, 3.05) is 46.4 Å². The number of hydrogen-bond acceptors (Lipinski definition) is 3. The van der Waals surface area contributed by atoms with Crippen molar-refractivity contribution < 1.29 is 9.53 Å². The fourth-order valence-electron chi connectivity index (χ4n) is 3.08. The van der Waals surface area contributed by atoms with Gasteiger partial charge in [-0.3, -0.25) is 4.79 Å². The summed E-state index contributed by atoms with van der Waals surface area (Å²) in [6, 6.07) is 7.14. The molecule has 0 aliphatic carbocycles. The van der Waals surface area contributed by atoms with E-state index in [4.69, 9.17) is 16.3 Å². The second-order valence-electron chi connectivity index (χ2n) is 6.69. The van der Waals surface area contributed by atoms with Gasteiger partial charge in [0.05, 0.1) is 6.61 Å². The molecule has 1 amide bonds. The van der Waals surface area contributed by atoms with Gasteiger partial charge in [-0.25, -0.2) is 0 Å². The second-order valence-corrected chi connectivity index (χ2v) is 7.13. The Labute approximate surface area is 156 Å². The van der Waals surface area contributed by atoms with Crippen LogP contribution in [0.4, 0.5) is 0 Å². The van der Waals surface area contributed by atoms with Gasteiger partial charge in [0.1, 0.15) is 0 Å². The first-order valence-electron chi connectivity index (χ1n) is 9.02. The van der Waals surface area contributed by atoms with Crippen LogP contribution in [0.25, 0.3) is 0 Å². The Kier molecular flexibility index (Phi) is 8.45. The summed E-state index contributed by atoms with van der Waals surface area (Å²) in [6.07, 6.45) is 5.09. The molecule has 1 aromatic carbocycles. The van der Waals surface area contributed by atoms with Gasteiger partial charge in [0, 0.05) is 43.4 Å². The first-order chi connectivity index (χ1) is 12.1. The lowest BCUT2D eigenvalue weighted by Crippen LogP contribution is -2.38. The predicted octanol–water partition coefficient (Wildman–Crippen LogP) is 3.72. The first-order valence-corrected chi connectivity index (χ1v) is 9.40. The van der Waals surface area contributed by atoms with Gasteiger partial charge in [0.15, 0.2) is 0 Å². The van der Waals surface area contributed by atoms with Crippen molar-refractivity contribution in [1.29, 1.82) is 0 Å². The van der Waals surface area contributed by atoms with E-state index in [1.807, 2.05) is 11.0 Å². The van der Waals surface area contributed by atoms with E-state index < -0.39 is 0 Å². The van der Waals surface area contributed by atoms with Crippen LogP contribution in [0.2, 0.25) is 5.02 Å². The van der Waals surface area contributed by atoms with Crippen molar-refractivity contribution in [3.05, 3.63) is 47.5 Å². The maximum Gasteiger partial charge on any atom is 0.253 e. The SMILES string of the molecule is C=CCN(C)CCOCCC1CCN(C(=O)c2ccc(Cl)cc2)CC1. The Bertz CT molecular complexity index is 539. The maximum atomic E-state index is 12.5. The third kappa shape index (κ3) is 6.81. The van der Waals surface area contributed by atoms with E-state index in [1.54, 1.807) is 24.3 Å². The molecule has 0 aromatic heterocycles. The Morgan fingerprint density at radius 3 is 2.64 bits per heavy atom. The molecule has 0 spiro atoms. The molecule has 2 rings (SSSR count). The monoisotopic (exact) mass is 364 g/mol. The van der Waals surface area contributed by atoms with Crippen molar-refractivity contribution in [1.82, 2.24) is 9.80 Å². The lowest BCUT2D eigenvalue weighted by Gasteiger charge is -2.32. The van der Waals surface area contributed by atoms with Crippen LogP contribution in [0.5, 0.6) is 0 Å².